The first-order chi connectivity index (χ1) is 15.2. The Morgan fingerprint density at radius 2 is 2.12 bits per heavy atom. The fraction of sp³-hybridized carbons (Fsp3) is 0.318. The lowest BCUT2D eigenvalue weighted by molar-refractivity contribution is -0.137. The van der Waals surface area contributed by atoms with Gasteiger partial charge in [-0.15, -0.1) is 0 Å². The van der Waals surface area contributed by atoms with Gasteiger partial charge in [0.25, 0.3) is 5.91 Å². The molecule has 0 spiro atoms. The maximum atomic E-state index is 13.3. The third-order valence-corrected chi connectivity index (χ3v) is 4.85. The van der Waals surface area contributed by atoms with Crippen molar-refractivity contribution in [3.63, 3.8) is 0 Å². The molecule has 1 aromatic heterocycles. The summed E-state index contributed by atoms with van der Waals surface area (Å²) >= 11 is 0. The molecule has 1 fully saturated rings. The van der Waals surface area contributed by atoms with E-state index in [-0.39, 0.29) is 17.2 Å². The van der Waals surface area contributed by atoms with Gasteiger partial charge in [-0.2, -0.15) is 18.4 Å². The highest BCUT2D eigenvalue weighted by molar-refractivity contribution is 6.01. The first kappa shape index (κ1) is 22.9. The van der Waals surface area contributed by atoms with Gasteiger partial charge >= 0.3 is 6.18 Å². The number of hydrogen-bond acceptors (Lipinski definition) is 4. The van der Waals surface area contributed by atoms with E-state index in [2.05, 4.69) is 20.3 Å². The SMILES string of the molecule is CC(NC(=O)c1cc(CC2CC2)cc(C(F)(F)F)c1)C(N=CN)=Nc1ccc(C#N)cn1. The molecular formula is C22H21F3N6O. The van der Waals surface area contributed by atoms with Crippen LogP contribution in [0.3, 0.4) is 0 Å². The smallest absolute Gasteiger partial charge is 0.390 e. The van der Waals surface area contributed by atoms with Crippen LogP contribution in [-0.2, 0) is 12.6 Å². The molecule has 0 aliphatic heterocycles. The van der Waals surface area contributed by atoms with Crippen LogP contribution in [0.25, 0.3) is 0 Å². The number of nitriles is 1. The van der Waals surface area contributed by atoms with Gasteiger partial charge in [0.05, 0.1) is 23.5 Å². The number of amides is 1. The summed E-state index contributed by atoms with van der Waals surface area (Å²) in [6.45, 7) is 1.58. The van der Waals surface area contributed by atoms with Gasteiger partial charge in [0.2, 0.25) is 0 Å². The van der Waals surface area contributed by atoms with Crippen molar-refractivity contribution in [2.45, 2.75) is 38.4 Å². The Bertz CT molecular complexity index is 1080. The third kappa shape index (κ3) is 6.14. The average molecular weight is 442 g/mol. The molecule has 1 aromatic carbocycles. The van der Waals surface area contributed by atoms with Crippen molar-refractivity contribution in [3.05, 3.63) is 58.8 Å². The van der Waals surface area contributed by atoms with Gasteiger partial charge in [-0.3, -0.25) is 4.79 Å². The van der Waals surface area contributed by atoms with Crippen molar-refractivity contribution < 1.29 is 18.0 Å². The highest BCUT2D eigenvalue weighted by Gasteiger charge is 2.33. The largest absolute Gasteiger partial charge is 0.416 e. The molecule has 3 N–H and O–H groups in total. The summed E-state index contributed by atoms with van der Waals surface area (Å²) in [5.74, 6) is 0.0129. The maximum absolute atomic E-state index is 13.3. The number of aliphatic imine (C=N–C) groups is 2. The molecule has 0 radical (unpaired) electrons. The topological polar surface area (TPSA) is 117 Å². The van der Waals surface area contributed by atoms with Crippen molar-refractivity contribution in [1.82, 2.24) is 10.3 Å². The van der Waals surface area contributed by atoms with Gasteiger partial charge in [0.15, 0.2) is 11.7 Å². The van der Waals surface area contributed by atoms with E-state index in [1.165, 1.54) is 24.4 Å². The first-order valence-electron chi connectivity index (χ1n) is 9.90. The number of hydrogen-bond donors (Lipinski definition) is 2. The number of carbonyl (C=O) groups is 1. The Balaban J connectivity index is 1.83. The second kappa shape index (κ2) is 9.60. The molecule has 1 atom stereocenters. The van der Waals surface area contributed by atoms with Crippen LogP contribution in [0.5, 0.6) is 0 Å². The van der Waals surface area contributed by atoms with Crippen LogP contribution in [0.15, 0.2) is 46.5 Å². The first-order valence-corrected chi connectivity index (χ1v) is 9.90. The number of carbonyl (C=O) groups excluding carboxylic acids is 1. The van der Waals surface area contributed by atoms with Crippen molar-refractivity contribution >= 4 is 23.9 Å². The van der Waals surface area contributed by atoms with Gasteiger partial charge < -0.3 is 11.1 Å². The lowest BCUT2D eigenvalue weighted by atomic mass is 10.0. The van der Waals surface area contributed by atoms with E-state index in [1.54, 1.807) is 6.92 Å². The van der Waals surface area contributed by atoms with Crippen LogP contribution < -0.4 is 11.1 Å². The summed E-state index contributed by atoms with van der Waals surface area (Å²) in [4.78, 5) is 24.9. The van der Waals surface area contributed by atoms with Crippen molar-refractivity contribution in [3.8, 4) is 6.07 Å². The molecule has 10 heteroatoms. The van der Waals surface area contributed by atoms with Gasteiger partial charge in [-0.05, 0) is 68.0 Å². The van der Waals surface area contributed by atoms with E-state index < -0.39 is 23.7 Å². The van der Waals surface area contributed by atoms with Crippen LogP contribution in [0, 0.1) is 17.2 Å². The Morgan fingerprint density at radius 3 is 2.69 bits per heavy atom. The van der Waals surface area contributed by atoms with Crippen LogP contribution in [0.4, 0.5) is 19.0 Å². The lowest BCUT2D eigenvalue weighted by Crippen LogP contribution is -2.38. The number of nitrogens with zero attached hydrogens (tertiary/aromatic N) is 4. The summed E-state index contributed by atoms with van der Waals surface area (Å²) in [7, 11) is 0. The minimum Gasteiger partial charge on any atom is -0.390 e. The predicted octanol–water partition coefficient (Wildman–Crippen LogP) is 3.76. The number of aromatic nitrogens is 1. The molecule has 2 aromatic rings. The van der Waals surface area contributed by atoms with Gasteiger partial charge in [0.1, 0.15) is 6.07 Å². The normalized spacial score (nSPS) is 15.4. The van der Waals surface area contributed by atoms with E-state index in [0.717, 1.165) is 31.3 Å². The third-order valence-electron chi connectivity index (χ3n) is 4.85. The molecule has 1 saturated carbocycles. The molecule has 1 amide bonds. The van der Waals surface area contributed by atoms with Crippen LogP contribution in [-0.4, -0.2) is 29.1 Å². The molecule has 1 unspecified atom stereocenters. The van der Waals surface area contributed by atoms with Crippen LogP contribution >= 0.6 is 0 Å². The molecule has 0 bridgehead atoms. The monoisotopic (exact) mass is 442 g/mol. The van der Waals surface area contributed by atoms with Crippen molar-refractivity contribution in [2.24, 2.45) is 21.6 Å². The standard InChI is InChI=1S/C22H21F3N6O/c1-13(20(29-12-27)31-19-5-4-15(10-26)11-28-19)30-21(32)17-7-16(6-14-2-3-14)8-18(9-17)22(23,24)25/h4-5,7-9,11-14H,2-3,6H2,1H3,(H,30,32)(H2,27,28,29,31). The van der Waals surface area contributed by atoms with Gasteiger partial charge in [-0.1, -0.05) is 0 Å². The number of pyridine rings is 1. The van der Waals surface area contributed by atoms with Crippen LogP contribution in [0.1, 0.15) is 46.8 Å². The number of amidine groups is 1. The van der Waals surface area contributed by atoms with E-state index in [9.17, 15) is 18.0 Å². The fourth-order valence-corrected chi connectivity index (χ4v) is 3.05. The summed E-state index contributed by atoms with van der Waals surface area (Å²) in [6, 6.07) is 7.60. The minimum absolute atomic E-state index is 0.0881. The number of alkyl halides is 3. The minimum atomic E-state index is -4.56. The van der Waals surface area contributed by atoms with Crippen LogP contribution in [0.2, 0.25) is 0 Å². The number of nitrogens with two attached hydrogens (primary N) is 1. The molecule has 32 heavy (non-hydrogen) atoms. The molecule has 1 aliphatic rings. The quantitative estimate of drug-likeness (QED) is 0.523. The number of rotatable bonds is 6. The summed E-state index contributed by atoms with van der Waals surface area (Å²) < 4.78 is 40.0. The lowest BCUT2D eigenvalue weighted by Gasteiger charge is -2.16. The summed E-state index contributed by atoms with van der Waals surface area (Å²) in [5, 5.41) is 11.5. The zero-order chi connectivity index (χ0) is 23.3. The van der Waals surface area contributed by atoms with E-state index in [4.69, 9.17) is 11.0 Å². The predicted molar refractivity (Wildman–Crippen MR) is 114 cm³/mol. The molecular weight excluding hydrogens is 421 g/mol. The molecule has 1 aliphatic carbocycles. The second-order valence-electron chi connectivity index (χ2n) is 7.52. The van der Waals surface area contributed by atoms with E-state index in [0.29, 0.717) is 23.5 Å². The molecule has 1 heterocycles. The number of halogens is 3. The second-order valence-corrected chi connectivity index (χ2v) is 7.52. The average Bonchev–Trinajstić information content (AvgIpc) is 3.57. The van der Waals surface area contributed by atoms with E-state index in [1.807, 2.05) is 6.07 Å². The number of benzene rings is 1. The Labute approximate surface area is 182 Å². The Kier molecular flexibility index (Phi) is 6.88. The fourth-order valence-electron chi connectivity index (χ4n) is 3.05. The maximum Gasteiger partial charge on any atom is 0.416 e. The van der Waals surface area contributed by atoms with E-state index >= 15 is 0 Å². The van der Waals surface area contributed by atoms with Gasteiger partial charge in [-0.25, -0.2) is 15.0 Å². The van der Waals surface area contributed by atoms with Crippen molar-refractivity contribution in [1.29, 1.82) is 5.26 Å². The summed E-state index contributed by atoms with van der Waals surface area (Å²) in [6.07, 6.45) is 0.232. The Morgan fingerprint density at radius 1 is 1.38 bits per heavy atom. The number of nitrogens with one attached hydrogen (secondary N) is 1. The molecule has 7 nitrogen and oxygen atoms in total. The highest BCUT2D eigenvalue weighted by Crippen LogP contribution is 2.35. The van der Waals surface area contributed by atoms with Crippen molar-refractivity contribution in [2.75, 3.05) is 0 Å². The molecule has 3 rings (SSSR count). The molecule has 0 saturated heterocycles. The highest BCUT2D eigenvalue weighted by atomic mass is 19.4. The zero-order valence-electron chi connectivity index (χ0n) is 17.2. The zero-order valence-corrected chi connectivity index (χ0v) is 17.2. The molecule has 166 valence electrons. The van der Waals surface area contributed by atoms with Gasteiger partial charge in [0, 0.05) is 11.8 Å². The summed E-state index contributed by atoms with van der Waals surface area (Å²) in [5.41, 5.74) is 5.26. The Hall–Kier alpha value is -3.74.